The van der Waals surface area contributed by atoms with Gasteiger partial charge in [0.25, 0.3) is 5.56 Å². The van der Waals surface area contributed by atoms with Crippen molar-refractivity contribution >= 4 is 11.9 Å². The number of nitrogens with zero attached hydrogens (tertiary/aromatic N) is 2. The van der Waals surface area contributed by atoms with Crippen LogP contribution in [0.5, 0.6) is 0 Å². The first-order valence-electron chi connectivity index (χ1n) is 9.61. The minimum absolute atomic E-state index is 0.0773. The Morgan fingerprint density at radius 3 is 2.77 bits per heavy atom. The van der Waals surface area contributed by atoms with E-state index in [0.29, 0.717) is 31.8 Å². The predicted octanol–water partition coefficient (Wildman–Crippen LogP) is 2.48. The third kappa shape index (κ3) is 3.69. The normalized spacial score (nSPS) is 24.1. The third-order valence-electron chi connectivity index (χ3n) is 5.73. The van der Waals surface area contributed by atoms with E-state index in [-0.39, 0.29) is 35.8 Å². The number of methoxy groups -OCH3 is 1. The van der Waals surface area contributed by atoms with E-state index >= 15 is 0 Å². The number of fused-ring (bicyclic) bond motifs is 4. The smallest absolute Gasteiger partial charge is 0.305 e. The summed E-state index contributed by atoms with van der Waals surface area (Å²) < 4.78 is 6.62. The molecule has 3 heterocycles. The van der Waals surface area contributed by atoms with Crippen molar-refractivity contribution in [2.75, 3.05) is 20.2 Å². The van der Waals surface area contributed by atoms with Crippen molar-refractivity contribution in [3.8, 4) is 0 Å². The number of hydrogen-bond donors (Lipinski definition) is 0. The summed E-state index contributed by atoms with van der Waals surface area (Å²) in [5, 5.41) is 0. The Labute approximate surface area is 154 Å². The molecule has 1 fully saturated rings. The molecule has 1 aromatic rings. The van der Waals surface area contributed by atoms with Crippen LogP contribution in [0.3, 0.4) is 0 Å². The molecule has 1 aromatic heterocycles. The summed E-state index contributed by atoms with van der Waals surface area (Å²) in [5.41, 5.74) is 1.15. The number of ether oxygens (including phenoxy) is 1. The number of amides is 1. The number of rotatable bonds is 6. The largest absolute Gasteiger partial charge is 0.469 e. The Morgan fingerprint density at radius 2 is 2.04 bits per heavy atom. The molecule has 2 aliphatic heterocycles. The van der Waals surface area contributed by atoms with Crippen LogP contribution < -0.4 is 5.56 Å². The van der Waals surface area contributed by atoms with Gasteiger partial charge in [0.1, 0.15) is 0 Å². The molecule has 0 unspecified atom stereocenters. The lowest BCUT2D eigenvalue weighted by molar-refractivity contribution is -0.141. The lowest BCUT2D eigenvalue weighted by atomic mass is 9.77. The number of pyridine rings is 1. The highest BCUT2D eigenvalue weighted by Gasteiger charge is 2.41. The van der Waals surface area contributed by atoms with Crippen LogP contribution >= 0.6 is 0 Å². The molecule has 0 aliphatic carbocycles. The van der Waals surface area contributed by atoms with Crippen molar-refractivity contribution in [3.63, 3.8) is 0 Å². The van der Waals surface area contributed by atoms with Crippen LogP contribution in [-0.4, -0.2) is 41.5 Å². The molecule has 2 bridgehead atoms. The Kier molecular flexibility index (Phi) is 5.79. The first-order valence-corrected chi connectivity index (χ1v) is 9.61. The molecule has 0 radical (unpaired) electrons. The van der Waals surface area contributed by atoms with E-state index in [1.165, 1.54) is 7.11 Å². The van der Waals surface area contributed by atoms with Crippen LogP contribution in [0.2, 0.25) is 0 Å². The molecule has 2 aliphatic rings. The fourth-order valence-electron chi connectivity index (χ4n) is 4.55. The number of carbonyl (C=O) groups is 2. The van der Waals surface area contributed by atoms with E-state index in [0.717, 1.165) is 25.0 Å². The standard InChI is InChI=1S/C20H28N2O4/c1-3-6-16-14-11-15(17-7-4-9-19(24)22(16)17)13-21(12-14)18(23)8-5-10-20(25)26-2/h4,7,9,14-16H,3,5-6,8,10-13H2,1-2H3/t14-,15+,16-/m0/s1. The second-order valence-electron chi connectivity index (χ2n) is 7.44. The Hall–Kier alpha value is -2.11. The van der Waals surface area contributed by atoms with Gasteiger partial charge in [-0.25, -0.2) is 0 Å². The van der Waals surface area contributed by atoms with E-state index in [4.69, 9.17) is 0 Å². The fraction of sp³-hybridized carbons (Fsp3) is 0.650. The van der Waals surface area contributed by atoms with Gasteiger partial charge in [0.15, 0.2) is 0 Å². The molecule has 0 saturated carbocycles. The maximum atomic E-state index is 12.6. The summed E-state index contributed by atoms with van der Waals surface area (Å²) in [6.07, 6.45) is 4.18. The topological polar surface area (TPSA) is 68.6 Å². The number of hydrogen-bond acceptors (Lipinski definition) is 4. The van der Waals surface area contributed by atoms with Crippen molar-refractivity contribution in [3.05, 3.63) is 34.2 Å². The minimum Gasteiger partial charge on any atom is -0.469 e. The molecule has 3 rings (SSSR count). The summed E-state index contributed by atoms with van der Waals surface area (Å²) >= 11 is 0. The van der Waals surface area contributed by atoms with Gasteiger partial charge in [0.05, 0.1) is 7.11 Å². The second kappa shape index (κ2) is 8.06. The molecule has 6 heteroatoms. The highest BCUT2D eigenvalue weighted by molar-refractivity contribution is 5.77. The monoisotopic (exact) mass is 360 g/mol. The molecular weight excluding hydrogens is 332 g/mol. The fourth-order valence-corrected chi connectivity index (χ4v) is 4.55. The van der Waals surface area contributed by atoms with Crippen LogP contribution in [0.4, 0.5) is 0 Å². The molecule has 142 valence electrons. The molecule has 1 saturated heterocycles. The minimum atomic E-state index is -0.273. The van der Waals surface area contributed by atoms with E-state index in [1.54, 1.807) is 6.07 Å². The molecule has 26 heavy (non-hydrogen) atoms. The Bertz CT molecular complexity index is 727. The van der Waals surface area contributed by atoms with E-state index in [9.17, 15) is 14.4 Å². The third-order valence-corrected chi connectivity index (χ3v) is 5.73. The number of piperidine rings is 1. The summed E-state index contributed by atoms with van der Waals surface area (Å²) in [7, 11) is 1.36. The van der Waals surface area contributed by atoms with Gasteiger partial charge in [0, 0.05) is 49.7 Å². The van der Waals surface area contributed by atoms with Crippen LogP contribution in [-0.2, 0) is 14.3 Å². The average Bonchev–Trinajstić information content (AvgIpc) is 2.65. The van der Waals surface area contributed by atoms with Crippen molar-refractivity contribution in [1.82, 2.24) is 9.47 Å². The molecule has 3 atom stereocenters. The maximum absolute atomic E-state index is 12.6. The summed E-state index contributed by atoms with van der Waals surface area (Å²) in [5.74, 6) is 0.376. The van der Waals surface area contributed by atoms with Gasteiger partial charge in [0.2, 0.25) is 5.91 Å². The zero-order valence-corrected chi connectivity index (χ0v) is 15.6. The van der Waals surface area contributed by atoms with Gasteiger partial charge in [-0.2, -0.15) is 0 Å². The molecule has 0 spiro atoms. The van der Waals surface area contributed by atoms with Gasteiger partial charge < -0.3 is 14.2 Å². The first-order chi connectivity index (χ1) is 12.5. The van der Waals surface area contributed by atoms with Gasteiger partial charge >= 0.3 is 5.97 Å². The molecule has 1 amide bonds. The molecular formula is C20H28N2O4. The Balaban J connectivity index is 1.75. The lowest BCUT2D eigenvalue weighted by Crippen LogP contribution is -2.51. The van der Waals surface area contributed by atoms with Gasteiger partial charge in [-0.1, -0.05) is 19.4 Å². The predicted molar refractivity (Wildman–Crippen MR) is 97.9 cm³/mol. The highest BCUT2D eigenvalue weighted by atomic mass is 16.5. The quantitative estimate of drug-likeness (QED) is 0.731. The van der Waals surface area contributed by atoms with Crippen LogP contribution in [0, 0.1) is 5.92 Å². The van der Waals surface area contributed by atoms with Crippen LogP contribution in [0.25, 0.3) is 0 Å². The van der Waals surface area contributed by atoms with Crippen LogP contribution in [0.1, 0.15) is 63.1 Å². The van der Waals surface area contributed by atoms with Gasteiger partial charge in [-0.15, -0.1) is 0 Å². The SMILES string of the molecule is CCC[C@H]1[C@H]2C[C@H](CN(C(=O)CCCC(=O)OC)C2)c2cccc(=O)n21. The summed E-state index contributed by atoms with van der Waals surface area (Å²) in [6.45, 7) is 3.51. The maximum Gasteiger partial charge on any atom is 0.305 e. The Morgan fingerprint density at radius 1 is 1.23 bits per heavy atom. The van der Waals surface area contributed by atoms with Gasteiger partial charge in [-0.3, -0.25) is 14.4 Å². The summed E-state index contributed by atoms with van der Waals surface area (Å²) in [6, 6.07) is 5.68. The van der Waals surface area contributed by atoms with Crippen molar-refractivity contribution in [1.29, 1.82) is 0 Å². The van der Waals surface area contributed by atoms with Crippen molar-refractivity contribution in [2.24, 2.45) is 5.92 Å². The first kappa shape index (κ1) is 18.7. The van der Waals surface area contributed by atoms with E-state index in [2.05, 4.69) is 11.7 Å². The van der Waals surface area contributed by atoms with Crippen molar-refractivity contribution in [2.45, 2.75) is 57.4 Å². The average molecular weight is 360 g/mol. The lowest BCUT2D eigenvalue weighted by Gasteiger charge is -2.47. The highest BCUT2D eigenvalue weighted by Crippen LogP contribution is 2.42. The van der Waals surface area contributed by atoms with Gasteiger partial charge in [-0.05, 0) is 31.2 Å². The number of aromatic nitrogens is 1. The summed E-state index contributed by atoms with van der Waals surface area (Å²) in [4.78, 5) is 38.3. The molecule has 0 N–H and O–H groups in total. The number of likely N-dealkylation sites (tertiary alicyclic amines) is 1. The van der Waals surface area contributed by atoms with Crippen molar-refractivity contribution < 1.29 is 14.3 Å². The van der Waals surface area contributed by atoms with E-state index in [1.807, 2.05) is 21.6 Å². The zero-order valence-electron chi connectivity index (χ0n) is 15.6. The number of carbonyl (C=O) groups excluding carboxylic acids is 2. The zero-order chi connectivity index (χ0) is 18.7. The van der Waals surface area contributed by atoms with Crippen LogP contribution in [0.15, 0.2) is 23.0 Å². The molecule has 6 nitrogen and oxygen atoms in total. The van der Waals surface area contributed by atoms with E-state index < -0.39 is 0 Å². The number of esters is 1. The second-order valence-corrected chi connectivity index (χ2v) is 7.44. The molecule has 0 aromatic carbocycles.